The van der Waals surface area contributed by atoms with Crippen LogP contribution >= 0.6 is 0 Å². The van der Waals surface area contributed by atoms with Crippen molar-refractivity contribution < 1.29 is 23.9 Å². The van der Waals surface area contributed by atoms with Crippen molar-refractivity contribution in [2.24, 2.45) is 0 Å². The standard InChI is InChI=1S/C25H29N3O5/c1-16(2)33-15-7-14-28-24(30)22(20-8-5-6-9-21(20)32-4)23(25(28)31)27-19-12-10-18(11-13-19)26-17(3)29/h5-6,8-13,16,27H,7,14-15H2,1-4H3,(H,26,29). The molecule has 8 nitrogen and oxygen atoms in total. The number of nitrogens with zero attached hydrogens (tertiary/aromatic N) is 1. The van der Waals surface area contributed by atoms with E-state index >= 15 is 0 Å². The fourth-order valence-electron chi connectivity index (χ4n) is 3.52. The minimum absolute atomic E-state index is 0.0786. The summed E-state index contributed by atoms with van der Waals surface area (Å²) in [6.45, 7) is 6.00. The van der Waals surface area contributed by atoms with Crippen LogP contribution in [0.1, 0.15) is 32.8 Å². The Labute approximate surface area is 193 Å². The number of hydrogen-bond donors (Lipinski definition) is 2. The van der Waals surface area contributed by atoms with Gasteiger partial charge in [0.1, 0.15) is 11.4 Å². The minimum Gasteiger partial charge on any atom is -0.496 e. The molecular weight excluding hydrogens is 422 g/mol. The lowest BCUT2D eigenvalue weighted by Crippen LogP contribution is -2.34. The summed E-state index contributed by atoms with van der Waals surface area (Å²) in [5, 5.41) is 5.81. The van der Waals surface area contributed by atoms with Gasteiger partial charge in [0.2, 0.25) is 5.91 Å². The van der Waals surface area contributed by atoms with E-state index in [2.05, 4.69) is 10.6 Å². The summed E-state index contributed by atoms with van der Waals surface area (Å²) in [5.74, 6) is -0.465. The summed E-state index contributed by atoms with van der Waals surface area (Å²) < 4.78 is 11.0. The molecule has 0 saturated heterocycles. The third kappa shape index (κ3) is 5.78. The molecule has 2 N–H and O–H groups in total. The monoisotopic (exact) mass is 451 g/mol. The van der Waals surface area contributed by atoms with E-state index in [1.54, 1.807) is 48.5 Å². The van der Waals surface area contributed by atoms with Gasteiger partial charge in [0.05, 0.1) is 18.8 Å². The Morgan fingerprint density at radius 3 is 2.30 bits per heavy atom. The first-order valence-corrected chi connectivity index (χ1v) is 10.8. The van der Waals surface area contributed by atoms with Crippen LogP contribution in [0.25, 0.3) is 5.57 Å². The molecule has 0 saturated carbocycles. The second-order valence-corrected chi connectivity index (χ2v) is 7.87. The van der Waals surface area contributed by atoms with Crippen molar-refractivity contribution in [1.29, 1.82) is 0 Å². The van der Waals surface area contributed by atoms with Crippen molar-refractivity contribution in [2.75, 3.05) is 30.9 Å². The highest BCUT2D eigenvalue weighted by atomic mass is 16.5. The number of ether oxygens (including phenoxy) is 2. The van der Waals surface area contributed by atoms with Crippen LogP contribution in [-0.2, 0) is 19.1 Å². The molecule has 1 aliphatic heterocycles. The zero-order chi connectivity index (χ0) is 24.0. The van der Waals surface area contributed by atoms with Crippen molar-refractivity contribution in [3.8, 4) is 5.75 Å². The number of anilines is 2. The van der Waals surface area contributed by atoms with Crippen LogP contribution in [0.15, 0.2) is 54.2 Å². The molecule has 3 rings (SSSR count). The van der Waals surface area contributed by atoms with E-state index in [4.69, 9.17) is 9.47 Å². The molecule has 0 fully saturated rings. The fraction of sp³-hybridized carbons (Fsp3) is 0.320. The number of para-hydroxylation sites is 1. The number of amides is 3. The Balaban J connectivity index is 1.92. The smallest absolute Gasteiger partial charge is 0.278 e. The van der Waals surface area contributed by atoms with Crippen LogP contribution in [0.5, 0.6) is 5.75 Å². The number of imide groups is 1. The van der Waals surface area contributed by atoms with Crippen molar-refractivity contribution in [3.05, 3.63) is 59.8 Å². The Morgan fingerprint density at radius 2 is 1.67 bits per heavy atom. The third-order valence-electron chi connectivity index (χ3n) is 5.00. The number of rotatable bonds is 10. The predicted octanol–water partition coefficient (Wildman–Crippen LogP) is 3.66. The van der Waals surface area contributed by atoms with Gasteiger partial charge in [-0.25, -0.2) is 0 Å². The van der Waals surface area contributed by atoms with Gasteiger partial charge in [-0.1, -0.05) is 18.2 Å². The third-order valence-corrected chi connectivity index (χ3v) is 5.00. The maximum Gasteiger partial charge on any atom is 0.278 e. The number of benzene rings is 2. The first-order chi connectivity index (χ1) is 15.8. The molecule has 0 aromatic heterocycles. The molecule has 1 aliphatic rings. The molecule has 174 valence electrons. The maximum absolute atomic E-state index is 13.4. The van der Waals surface area contributed by atoms with Gasteiger partial charge < -0.3 is 20.1 Å². The van der Waals surface area contributed by atoms with E-state index in [0.717, 1.165) is 0 Å². The molecule has 2 aromatic carbocycles. The van der Waals surface area contributed by atoms with Gasteiger partial charge in [-0.05, 0) is 50.6 Å². The van der Waals surface area contributed by atoms with Gasteiger partial charge in [-0.2, -0.15) is 0 Å². The molecular formula is C25H29N3O5. The first-order valence-electron chi connectivity index (χ1n) is 10.8. The summed E-state index contributed by atoms with van der Waals surface area (Å²) >= 11 is 0. The number of hydrogen-bond acceptors (Lipinski definition) is 6. The summed E-state index contributed by atoms with van der Waals surface area (Å²) in [4.78, 5) is 39.1. The van der Waals surface area contributed by atoms with Crippen LogP contribution in [0.4, 0.5) is 11.4 Å². The number of carbonyl (C=O) groups excluding carboxylic acids is 3. The maximum atomic E-state index is 13.4. The van der Waals surface area contributed by atoms with E-state index in [1.807, 2.05) is 13.8 Å². The van der Waals surface area contributed by atoms with Crippen molar-refractivity contribution in [3.63, 3.8) is 0 Å². The Morgan fingerprint density at radius 1 is 1.00 bits per heavy atom. The molecule has 0 unspecified atom stereocenters. The summed E-state index contributed by atoms with van der Waals surface area (Å²) in [7, 11) is 1.52. The van der Waals surface area contributed by atoms with E-state index in [0.29, 0.717) is 35.7 Å². The zero-order valence-electron chi connectivity index (χ0n) is 19.3. The van der Waals surface area contributed by atoms with Gasteiger partial charge in [-0.3, -0.25) is 19.3 Å². The highest BCUT2D eigenvalue weighted by Crippen LogP contribution is 2.35. The summed E-state index contributed by atoms with van der Waals surface area (Å²) in [5.41, 5.74) is 2.22. The molecule has 8 heteroatoms. The van der Waals surface area contributed by atoms with Crippen molar-refractivity contribution >= 4 is 34.7 Å². The normalized spacial score (nSPS) is 13.7. The van der Waals surface area contributed by atoms with Crippen molar-refractivity contribution in [1.82, 2.24) is 4.90 Å². The van der Waals surface area contributed by atoms with E-state index < -0.39 is 5.91 Å². The molecule has 0 aliphatic carbocycles. The minimum atomic E-state index is -0.406. The molecule has 3 amide bonds. The second kappa shape index (κ2) is 10.8. The molecule has 0 spiro atoms. The average Bonchev–Trinajstić information content (AvgIpc) is 3.01. The van der Waals surface area contributed by atoms with Crippen LogP contribution in [0, 0.1) is 0 Å². The van der Waals surface area contributed by atoms with Crippen LogP contribution in [0.3, 0.4) is 0 Å². The Bertz CT molecular complexity index is 1060. The van der Waals surface area contributed by atoms with Gasteiger partial charge in [0.15, 0.2) is 0 Å². The molecule has 1 heterocycles. The topological polar surface area (TPSA) is 97.0 Å². The number of nitrogens with one attached hydrogen (secondary N) is 2. The summed E-state index contributed by atoms with van der Waals surface area (Å²) in [6, 6.07) is 14.0. The highest BCUT2D eigenvalue weighted by molar-refractivity contribution is 6.37. The lowest BCUT2D eigenvalue weighted by atomic mass is 10.0. The van der Waals surface area contributed by atoms with Crippen molar-refractivity contribution in [2.45, 2.75) is 33.3 Å². The van der Waals surface area contributed by atoms with E-state index in [1.165, 1.54) is 18.9 Å². The van der Waals surface area contributed by atoms with E-state index in [-0.39, 0.29) is 35.7 Å². The van der Waals surface area contributed by atoms with Gasteiger partial charge >= 0.3 is 0 Å². The van der Waals surface area contributed by atoms with Gasteiger partial charge in [0, 0.05) is 37.0 Å². The average molecular weight is 452 g/mol. The lowest BCUT2D eigenvalue weighted by molar-refractivity contribution is -0.137. The largest absolute Gasteiger partial charge is 0.496 e. The van der Waals surface area contributed by atoms with Crippen LogP contribution in [0.2, 0.25) is 0 Å². The zero-order valence-corrected chi connectivity index (χ0v) is 19.3. The van der Waals surface area contributed by atoms with Crippen LogP contribution < -0.4 is 15.4 Å². The number of methoxy groups -OCH3 is 1. The Hall–Kier alpha value is -3.65. The SMILES string of the molecule is COc1ccccc1C1=C(Nc2ccc(NC(C)=O)cc2)C(=O)N(CCCOC(C)C)C1=O. The highest BCUT2D eigenvalue weighted by Gasteiger charge is 2.39. The van der Waals surface area contributed by atoms with Gasteiger partial charge in [0.25, 0.3) is 11.8 Å². The van der Waals surface area contributed by atoms with Crippen LogP contribution in [-0.4, -0.2) is 49.0 Å². The Kier molecular flexibility index (Phi) is 7.84. The van der Waals surface area contributed by atoms with Gasteiger partial charge in [-0.15, -0.1) is 0 Å². The molecule has 0 atom stereocenters. The predicted molar refractivity (Wildman–Crippen MR) is 127 cm³/mol. The van der Waals surface area contributed by atoms with E-state index in [9.17, 15) is 14.4 Å². The first kappa shape index (κ1) is 24.0. The fourth-order valence-corrected chi connectivity index (χ4v) is 3.52. The second-order valence-electron chi connectivity index (χ2n) is 7.87. The number of carbonyl (C=O) groups is 3. The summed E-state index contributed by atoms with van der Waals surface area (Å²) in [6.07, 6.45) is 0.614. The molecule has 0 bridgehead atoms. The lowest BCUT2D eigenvalue weighted by Gasteiger charge is -2.16. The quantitative estimate of drug-likeness (QED) is 0.423. The molecule has 0 radical (unpaired) electrons. The molecule has 2 aromatic rings. The molecule has 33 heavy (non-hydrogen) atoms.